The third kappa shape index (κ3) is 4.46. The first kappa shape index (κ1) is 25.9. The molecule has 0 atom stereocenters. The summed E-state index contributed by atoms with van der Waals surface area (Å²) in [6.45, 7) is 0.733. The lowest BCUT2D eigenvalue weighted by molar-refractivity contribution is 0.980. The summed E-state index contributed by atoms with van der Waals surface area (Å²) in [7, 11) is 2.11. The van der Waals surface area contributed by atoms with Crippen molar-refractivity contribution in [1.82, 2.24) is 0 Å². The third-order valence-corrected chi connectivity index (χ3v) is 8.34. The van der Waals surface area contributed by atoms with Crippen molar-refractivity contribution in [3.05, 3.63) is 163 Å². The van der Waals surface area contributed by atoms with Crippen molar-refractivity contribution < 1.29 is 0 Å². The van der Waals surface area contributed by atoms with Gasteiger partial charge in [0, 0.05) is 41.2 Å². The number of para-hydroxylation sites is 4. The normalized spacial score (nSPS) is 13.1. The molecule has 0 saturated carbocycles. The van der Waals surface area contributed by atoms with Crippen LogP contribution in [0.4, 0.5) is 51.2 Å². The van der Waals surface area contributed by atoms with Crippen molar-refractivity contribution in [3.63, 3.8) is 0 Å². The van der Waals surface area contributed by atoms with E-state index in [1.807, 2.05) is 0 Å². The lowest BCUT2D eigenvalue weighted by Gasteiger charge is -2.30. The predicted octanol–water partition coefficient (Wildman–Crippen LogP) is 10.1. The second-order valence-corrected chi connectivity index (χ2v) is 11.1. The number of nitrogens with zero attached hydrogens (tertiary/aromatic N) is 5. The zero-order chi connectivity index (χ0) is 29.5. The minimum atomic E-state index is 0.733. The summed E-state index contributed by atoms with van der Waals surface area (Å²) < 4.78 is 0. The number of guanidine groups is 1. The van der Waals surface area contributed by atoms with E-state index >= 15 is 0 Å². The molecule has 0 fully saturated rings. The minimum Gasteiger partial charge on any atom is -0.313 e. The maximum Gasteiger partial charge on any atom is 0.211 e. The number of anilines is 8. The summed E-state index contributed by atoms with van der Waals surface area (Å²) in [4.78, 5) is 14.3. The molecule has 212 valence electrons. The average Bonchev–Trinajstić information content (AvgIpc) is 3.35. The van der Waals surface area contributed by atoms with Gasteiger partial charge in [0.25, 0.3) is 0 Å². The van der Waals surface area contributed by atoms with Gasteiger partial charge in [-0.2, -0.15) is 0 Å². The first-order valence-corrected chi connectivity index (χ1v) is 14.9. The zero-order valence-electron chi connectivity index (χ0n) is 24.5. The number of rotatable bonds is 6. The molecule has 0 radical (unpaired) electrons. The van der Waals surface area contributed by atoms with E-state index in [4.69, 9.17) is 4.99 Å². The topological polar surface area (TPSA) is 25.3 Å². The van der Waals surface area contributed by atoms with Gasteiger partial charge in [0.15, 0.2) is 0 Å². The highest BCUT2D eigenvalue weighted by molar-refractivity contribution is 6.18. The molecule has 6 aromatic rings. The first-order chi connectivity index (χ1) is 21.7. The van der Waals surface area contributed by atoms with Crippen LogP contribution in [0.2, 0.25) is 0 Å². The second kappa shape index (κ2) is 10.8. The van der Waals surface area contributed by atoms with E-state index in [0.717, 1.165) is 63.7 Å². The Morgan fingerprint density at radius 3 is 1.43 bits per heavy atom. The highest BCUT2D eigenvalue weighted by atomic mass is 15.4. The van der Waals surface area contributed by atoms with E-state index < -0.39 is 0 Å². The largest absolute Gasteiger partial charge is 0.313 e. The molecule has 0 spiro atoms. The first-order valence-electron chi connectivity index (χ1n) is 14.9. The molecule has 0 saturated heterocycles. The summed E-state index contributed by atoms with van der Waals surface area (Å²) in [5, 5.41) is 0. The van der Waals surface area contributed by atoms with Gasteiger partial charge in [0.1, 0.15) is 0 Å². The monoisotopic (exact) mass is 569 g/mol. The van der Waals surface area contributed by atoms with Crippen LogP contribution < -0.4 is 19.6 Å². The molecule has 0 unspecified atom stereocenters. The quantitative estimate of drug-likeness (QED) is 0.199. The van der Waals surface area contributed by atoms with Crippen LogP contribution in [0, 0.1) is 0 Å². The van der Waals surface area contributed by atoms with E-state index in [1.54, 1.807) is 0 Å². The Bertz CT molecular complexity index is 1880. The van der Waals surface area contributed by atoms with Crippen LogP contribution in [0.5, 0.6) is 0 Å². The van der Waals surface area contributed by atoms with Gasteiger partial charge < -0.3 is 19.6 Å². The Kier molecular flexibility index (Phi) is 6.34. The van der Waals surface area contributed by atoms with Gasteiger partial charge in [0.05, 0.1) is 23.6 Å². The molecule has 2 aliphatic rings. The molecule has 5 nitrogen and oxygen atoms in total. The Balaban J connectivity index is 1.20. The van der Waals surface area contributed by atoms with Gasteiger partial charge in [-0.25, -0.2) is 4.99 Å². The fourth-order valence-electron chi connectivity index (χ4n) is 6.27. The Morgan fingerprint density at radius 1 is 0.477 bits per heavy atom. The molecule has 5 heteroatoms. The smallest absolute Gasteiger partial charge is 0.211 e. The van der Waals surface area contributed by atoms with Crippen molar-refractivity contribution in [3.8, 4) is 0 Å². The SMILES string of the molecule is CN1C2=Nc3ccc(N(c4ccccc4)c4ccccc4)cc3CN2c2cc(N(c3ccccc3)c3ccccc3)ccc21. The van der Waals surface area contributed by atoms with Gasteiger partial charge in [-0.1, -0.05) is 72.8 Å². The van der Waals surface area contributed by atoms with Gasteiger partial charge in [-0.3, -0.25) is 0 Å². The number of aliphatic imine (C=N–C) groups is 1. The van der Waals surface area contributed by atoms with Crippen LogP contribution in [0.3, 0.4) is 0 Å². The number of hydrogen-bond acceptors (Lipinski definition) is 5. The van der Waals surface area contributed by atoms with E-state index in [0.29, 0.717) is 0 Å². The fourth-order valence-corrected chi connectivity index (χ4v) is 6.27. The van der Waals surface area contributed by atoms with Gasteiger partial charge in [0.2, 0.25) is 5.96 Å². The van der Waals surface area contributed by atoms with Gasteiger partial charge >= 0.3 is 0 Å². The molecule has 0 bridgehead atoms. The molecule has 0 aromatic heterocycles. The summed E-state index contributed by atoms with van der Waals surface area (Å²) in [6, 6.07) is 55.5. The lowest BCUT2D eigenvalue weighted by Crippen LogP contribution is -2.37. The molecule has 0 N–H and O–H groups in total. The van der Waals surface area contributed by atoms with E-state index in [-0.39, 0.29) is 0 Å². The summed E-state index contributed by atoms with van der Waals surface area (Å²) in [5.41, 5.74) is 11.2. The van der Waals surface area contributed by atoms with Gasteiger partial charge in [-0.15, -0.1) is 0 Å². The zero-order valence-corrected chi connectivity index (χ0v) is 24.5. The molecular formula is C39H31N5. The fraction of sp³-hybridized carbons (Fsp3) is 0.0513. The van der Waals surface area contributed by atoms with Crippen molar-refractivity contribution in [2.75, 3.05) is 26.6 Å². The van der Waals surface area contributed by atoms with Crippen LogP contribution in [-0.4, -0.2) is 13.0 Å². The van der Waals surface area contributed by atoms with Crippen molar-refractivity contribution in [2.24, 2.45) is 4.99 Å². The molecule has 44 heavy (non-hydrogen) atoms. The summed E-state index contributed by atoms with van der Waals surface area (Å²) in [5.74, 6) is 0.950. The predicted molar refractivity (Wildman–Crippen MR) is 184 cm³/mol. The summed E-state index contributed by atoms with van der Waals surface area (Å²) in [6.07, 6.45) is 0. The highest BCUT2D eigenvalue weighted by Gasteiger charge is 2.34. The van der Waals surface area contributed by atoms with E-state index in [2.05, 4.69) is 184 Å². The van der Waals surface area contributed by atoms with Crippen LogP contribution in [0.25, 0.3) is 0 Å². The maximum absolute atomic E-state index is 5.18. The van der Waals surface area contributed by atoms with Crippen LogP contribution in [0.1, 0.15) is 5.56 Å². The lowest BCUT2D eigenvalue weighted by atomic mass is 10.1. The highest BCUT2D eigenvalue weighted by Crippen LogP contribution is 2.46. The molecular weight excluding hydrogens is 538 g/mol. The molecule has 0 aliphatic carbocycles. The summed E-state index contributed by atoms with van der Waals surface area (Å²) >= 11 is 0. The number of hydrogen-bond donors (Lipinski definition) is 0. The maximum atomic E-state index is 5.18. The average molecular weight is 570 g/mol. The van der Waals surface area contributed by atoms with Crippen molar-refractivity contribution >= 4 is 57.1 Å². The van der Waals surface area contributed by atoms with Gasteiger partial charge in [-0.05, 0) is 90.5 Å². The van der Waals surface area contributed by atoms with E-state index in [9.17, 15) is 0 Å². The number of fused-ring (bicyclic) bond motifs is 4. The third-order valence-electron chi connectivity index (χ3n) is 8.34. The van der Waals surface area contributed by atoms with Crippen LogP contribution in [0.15, 0.2) is 163 Å². The molecule has 0 amide bonds. The Hall–Kier alpha value is -5.81. The van der Waals surface area contributed by atoms with E-state index in [1.165, 1.54) is 5.56 Å². The Morgan fingerprint density at radius 2 is 0.932 bits per heavy atom. The Labute approximate surface area is 258 Å². The van der Waals surface area contributed by atoms with Crippen LogP contribution >= 0.6 is 0 Å². The molecule has 8 rings (SSSR count). The molecule has 2 aliphatic heterocycles. The van der Waals surface area contributed by atoms with Crippen LogP contribution in [-0.2, 0) is 6.54 Å². The number of benzene rings is 6. The standard InChI is InChI=1S/C39H31N5/c1-41-37-25-23-35(44(32-18-10-4-11-19-32)33-20-12-5-13-21-33)27-38(37)42-28-29-26-34(22-24-36(29)40-39(41)42)43(30-14-6-2-7-15-30)31-16-8-3-9-17-31/h2-27H,28H2,1H3. The van der Waals surface area contributed by atoms with Crippen molar-refractivity contribution in [2.45, 2.75) is 6.54 Å². The molecule has 2 heterocycles. The molecule has 6 aromatic carbocycles. The van der Waals surface area contributed by atoms with Crippen molar-refractivity contribution in [1.29, 1.82) is 0 Å². The minimum absolute atomic E-state index is 0.733. The second-order valence-electron chi connectivity index (χ2n) is 11.1.